The van der Waals surface area contributed by atoms with E-state index in [4.69, 9.17) is 5.11 Å². The lowest BCUT2D eigenvalue weighted by Gasteiger charge is -2.44. The Labute approximate surface area is 255 Å². The number of halogens is 7. The third-order valence-corrected chi connectivity index (χ3v) is 8.06. The molecule has 45 heavy (non-hydrogen) atoms. The SMILES string of the molecule is Cc1cc(F)ccc1[C@H]1CN(Cc2ccc(CC(=O)O)cc2)CCN1C(=O)N(C)[C@H](C)c1cc(C(F)(F)F)cc(C(F)(F)F)c1. The second-order valence-corrected chi connectivity index (χ2v) is 11.2. The maximum absolute atomic E-state index is 14.0. The fourth-order valence-corrected chi connectivity index (χ4v) is 5.50. The summed E-state index contributed by atoms with van der Waals surface area (Å²) in [5.74, 6) is -1.42. The monoisotopic (exact) mass is 639 g/mol. The van der Waals surface area contributed by atoms with Crippen LogP contribution in [0.5, 0.6) is 0 Å². The number of piperazine rings is 1. The van der Waals surface area contributed by atoms with Crippen LogP contribution in [-0.4, -0.2) is 58.5 Å². The maximum Gasteiger partial charge on any atom is 0.416 e. The first-order valence-electron chi connectivity index (χ1n) is 14.0. The van der Waals surface area contributed by atoms with E-state index in [-0.39, 0.29) is 24.6 Å². The number of carbonyl (C=O) groups is 2. The number of carboxylic acid groups (broad SMARTS) is 1. The summed E-state index contributed by atoms with van der Waals surface area (Å²) >= 11 is 0. The van der Waals surface area contributed by atoms with E-state index in [0.29, 0.717) is 48.5 Å². The fourth-order valence-electron chi connectivity index (χ4n) is 5.50. The predicted octanol–water partition coefficient (Wildman–Crippen LogP) is 7.47. The number of benzene rings is 3. The summed E-state index contributed by atoms with van der Waals surface area (Å²) in [6.07, 6.45) is -10.2. The first kappa shape index (κ1) is 33.8. The number of aliphatic carboxylic acids is 1. The molecule has 3 aromatic carbocycles. The van der Waals surface area contributed by atoms with Gasteiger partial charge < -0.3 is 14.9 Å². The molecule has 4 rings (SSSR count). The quantitative estimate of drug-likeness (QED) is 0.273. The molecule has 0 aliphatic carbocycles. The van der Waals surface area contributed by atoms with Gasteiger partial charge in [0, 0.05) is 33.2 Å². The zero-order chi connectivity index (χ0) is 33.3. The number of carboxylic acids is 1. The minimum absolute atomic E-state index is 0.0459. The fraction of sp³-hybridized carbons (Fsp3) is 0.375. The number of amides is 2. The van der Waals surface area contributed by atoms with Crippen molar-refractivity contribution in [2.75, 3.05) is 26.7 Å². The number of hydrogen-bond acceptors (Lipinski definition) is 3. The van der Waals surface area contributed by atoms with Gasteiger partial charge in [-0.3, -0.25) is 9.69 Å². The summed E-state index contributed by atoms with van der Waals surface area (Å²) in [4.78, 5) is 29.6. The lowest BCUT2D eigenvalue weighted by atomic mass is 9.96. The Morgan fingerprint density at radius 2 is 1.49 bits per heavy atom. The smallest absolute Gasteiger partial charge is 0.416 e. The molecule has 1 saturated heterocycles. The first-order chi connectivity index (χ1) is 20.9. The molecule has 1 fully saturated rings. The van der Waals surface area contributed by atoms with E-state index in [9.17, 15) is 40.3 Å². The third kappa shape index (κ3) is 8.13. The van der Waals surface area contributed by atoms with E-state index < -0.39 is 53.4 Å². The van der Waals surface area contributed by atoms with Gasteiger partial charge in [-0.1, -0.05) is 30.3 Å². The third-order valence-electron chi connectivity index (χ3n) is 8.06. The average Bonchev–Trinajstić information content (AvgIpc) is 2.95. The van der Waals surface area contributed by atoms with Crippen molar-refractivity contribution in [1.29, 1.82) is 0 Å². The van der Waals surface area contributed by atoms with E-state index >= 15 is 0 Å². The van der Waals surface area contributed by atoms with E-state index in [1.54, 1.807) is 25.1 Å². The highest BCUT2D eigenvalue weighted by atomic mass is 19.4. The number of hydrogen-bond donors (Lipinski definition) is 1. The van der Waals surface area contributed by atoms with Crippen LogP contribution in [0.4, 0.5) is 35.5 Å². The highest BCUT2D eigenvalue weighted by Crippen LogP contribution is 2.39. The van der Waals surface area contributed by atoms with Crippen molar-refractivity contribution in [3.8, 4) is 0 Å². The van der Waals surface area contributed by atoms with Crippen LogP contribution < -0.4 is 0 Å². The summed E-state index contributed by atoms with van der Waals surface area (Å²) in [6.45, 7) is 4.38. The molecule has 0 radical (unpaired) electrons. The maximum atomic E-state index is 14.0. The van der Waals surface area contributed by atoms with Crippen LogP contribution in [0.25, 0.3) is 0 Å². The Hall–Kier alpha value is -4.13. The second-order valence-electron chi connectivity index (χ2n) is 11.2. The highest BCUT2D eigenvalue weighted by molar-refractivity contribution is 5.75. The summed E-state index contributed by atoms with van der Waals surface area (Å²) in [6, 6.07) is 10.1. The second kappa shape index (κ2) is 13.1. The molecule has 1 aliphatic rings. The van der Waals surface area contributed by atoms with Gasteiger partial charge in [-0.2, -0.15) is 26.3 Å². The molecule has 1 heterocycles. The van der Waals surface area contributed by atoms with E-state index in [1.165, 1.54) is 31.0 Å². The first-order valence-corrected chi connectivity index (χ1v) is 14.0. The molecule has 0 unspecified atom stereocenters. The van der Waals surface area contributed by atoms with Crippen LogP contribution in [0.3, 0.4) is 0 Å². The Bertz CT molecular complexity index is 1510. The zero-order valence-corrected chi connectivity index (χ0v) is 24.7. The molecule has 2 amide bonds. The predicted molar refractivity (Wildman–Crippen MR) is 152 cm³/mol. The summed E-state index contributed by atoms with van der Waals surface area (Å²) in [5, 5.41) is 9.01. The van der Waals surface area contributed by atoms with Crippen LogP contribution in [0.2, 0.25) is 0 Å². The molecular weight excluding hydrogens is 607 g/mol. The summed E-state index contributed by atoms with van der Waals surface area (Å²) in [5.41, 5.74) is -0.510. The topological polar surface area (TPSA) is 64.1 Å². The minimum atomic E-state index is -5.03. The standard InChI is InChI=1S/C32H32F7N3O3/c1-19-12-26(33)8-9-27(19)28-18-41(17-22-6-4-21(5-7-22)13-29(43)44)10-11-42(28)30(45)40(3)20(2)23-14-24(31(34,35)36)16-25(15-23)32(37,38)39/h4-9,12,14-16,20,28H,10-11,13,17-18H2,1-3H3,(H,43,44)/t20-,28-/m1/s1. The molecule has 6 nitrogen and oxygen atoms in total. The van der Waals surface area contributed by atoms with Gasteiger partial charge >= 0.3 is 24.4 Å². The van der Waals surface area contributed by atoms with Crippen LogP contribution in [0.1, 0.15) is 58.0 Å². The molecule has 0 spiro atoms. The molecule has 0 aromatic heterocycles. The van der Waals surface area contributed by atoms with Crippen molar-refractivity contribution in [1.82, 2.24) is 14.7 Å². The zero-order valence-electron chi connectivity index (χ0n) is 24.7. The Morgan fingerprint density at radius 1 is 0.911 bits per heavy atom. The Morgan fingerprint density at radius 3 is 2.02 bits per heavy atom. The van der Waals surface area contributed by atoms with Gasteiger partial charge in [-0.25, -0.2) is 9.18 Å². The number of alkyl halides is 6. The van der Waals surface area contributed by atoms with Crippen molar-refractivity contribution in [2.45, 2.75) is 51.2 Å². The number of aryl methyl sites for hydroxylation is 1. The van der Waals surface area contributed by atoms with Crippen molar-refractivity contribution in [3.63, 3.8) is 0 Å². The molecule has 1 aliphatic heterocycles. The van der Waals surface area contributed by atoms with E-state index in [2.05, 4.69) is 4.90 Å². The summed E-state index contributed by atoms with van der Waals surface area (Å²) < 4.78 is 95.0. The van der Waals surface area contributed by atoms with Crippen molar-refractivity contribution < 1.29 is 45.4 Å². The van der Waals surface area contributed by atoms with Crippen LogP contribution >= 0.6 is 0 Å². The Kier molecular flexibility index (Phi) is 9.81. The minimum Gasteiger partial charge on any atom is -0.481 e. The normalized spacial score (nSPS) is 16.8. The van der Waals surface area contributed by atoms with E-state index in [0.717, 1.165) is 10.5 Å². The van der Waals surface area contributed by atoms with Gasteiger partial charge in [0.1, 0.15) is 5.82 Å². The number of carbonyl (C=O) groups excluding carboxylic acids is 1. The van der Waals surface area contributed by atoms with Gasteiger partial charge in [-0.15, -0.1) is 0 Å². The number of urea groups is 1. The molecule has 2 atom stereocenters. The molecule has 0 bridgehead atoms. The largest absolute Gasteiger partial charge is 0.481 e. The number of nitrogens with zero attached hydrogens (tertiary/aromatic N) is 3. The lowest BCUT2D eigenvalue weighted by molar-refractivity contribution is -0.143. The van der Waals surface area contributed by atoms with Crippen LogP contribution in [0.15, 0.2) is 60.7 Å². The highest BCUT2D eigenvalue weighted by Gasteiger charge is 2.39. The van der Waals surface area contributed by atoms with Gasteiger partial charge in [-0.05, 0) is 72.0 Å². The molecule has 0 saturated carbocycles. The molecule has 3 aromatic rings. The van der Waals surface area contributed by atoms with E-state index in [1.807, 2.05) is 12.1 Å². The van der Waals surface area contributed by atoms with Crippen molar-refractivity contribution in [3.05, 3.63) is 105 Å². The van der Waals surface area contributed by atoms with Crippen LogP contribution in [-0.2, 0) is 30.1 Å². The van der Waals surface area contributed by atoms with Gasteiger partial charge in [0.25, 0.3) is 0 Å². The van der Waals surface area contributed by atoms with Crippen molar-refractivity contribution >= 4 is 12.0 Å². The van der Waals surface area contributed by atoms with Crippen molar-refractivity contribution in [2.24, 2.45) is 0 Å². The Balaban J connectivity index is 1.61. The van der Waals surface area contributed by atoms with Crippen LogP contribution in [0, 0.1) is 12.7 Å². The van der Waals surface area contributed by atoms with Gasteiger partial charge in [0.05, 0.1) is 29.6 Å². The number of rotatable bonds is 7. The molecule has 1 N–H and O–H groups in total. The van der Waals surface area contributed by atoms with Gasteiger partial charge in [0.15, 0.2) is 0 Å². The summed E-state index contributed by atoms with van der Waals surface area (Å²) in [7, 11) is 1.32. The van der Waals surface area contributed by atoms with Gasteiger partial charge in [0.2, 0.25) is 0 Å². The average molecular weight is 640 g/mol. The lowest BCUT2D eigenvalue weighted by Crippen LogP contribution is -2.53. The molecular formula is C32H32F7N3O3. The molecule has 13 heteroatoms. The molecule has 242 valence electrons.